The van der Waals surface area contributed by atoms with Crippen LogP contribution >= 0.6 is 0 Å². The second kappa shape index (κ2) is 14.3. The monoisotopic (exact) mass is 692 g/mol. The van der Waals surface area contributed by atoms with Crippen LogP contribution in [0.3, 0.4) is 0 Å². The number of quaternary nitrogens is 1. The average Bonchev–Trinajstić information content (AvgIpc) is 3.34. The molecule has 256 valence electrons. The van der Waals surface area contributed by atoms with E-state index in [9.17, 15) is 9.59 Å². The highest BCUT2D eigenvalue weighted by Crippen LogP contribution is 2.68. The zero-order valence-electron chi connectivity index (χ0n) is 28.7. The zero-order valence-corrected chi connectivity index (χ0v) is 30.2. The van der Waals surface area contributed by atoms with Gasteiger partial charge in [0.2, 0.25) is 0 Å². The Kier molecular flexibility index (Phi) is 11.2. The van der Waals surface area contributed by atoms with Gasteiger partial charge in [0.1, 0.15) is 12.1 Å². The molecule has 2 heterocycles. The Hall–Kier alpha value is -0.960. The summed E-state index contributed by atoms with van der Waals surface area (Å²) in [4.78, 5) is 28.2. The van der Waals surface area contributed by atoms with E-state index in [2.05, 4.69) is 31.4 Å². The molecule has 0 aromatic heterocycles. The van der Waals surface area contributed by atoms with E-state index in [4.69, 9.17) is 14.2 Å². The Labute approximate surface area is 283 Å². The predicted molar refractivity (Wildman–Crippen MR) is 172 cm³/mol. The van der Waals surface area contributed by atoms with Crippen LogP contribution in [-0.2, 0) is 23.8 Å². The second-order valence-electron chi connectivity index (χ2n) is 16.0. The molecule has 0 spiro atoms. The maximum absolute atomic E-state index is 13.0. The minimum atomic E-state index is -0.0575. The van der Waals surface area contributed by atoms with E-state index < -0.39 is 0 Å². The summed E-state index contributed by atoms with van der Waals surface area (Å²) < 4.78 is 19.6. The van der Waals surface area contributed by atoms with Crippen molar-refractivity contribution in [2.75, 3.05) is 45.9 Å². The fourth-order valence-corrected chi connectivity index (χ4v) is 11.9. The Bertz CT molecular complexity index is 1060. The number of hydrogen-bond acceptors (Lipinski definition) is 6. The van der Waals surface area contributed by atoms with E-state index in [1.165, 1.54) is 58.0 Å². The molecule has 0 radical (unpaired) electrons. The zero-order chi connectivity index (χ0) is 31.1. The molecule has 6 fully saturated rings. The standard InChI is InChI=1S/C37H61N2O5.BrH/c1-6-18-39(19-10-9-11-20-39)31-24-29-27-13-12-26-23-32(43-33(40)7-2)30(38-16-21-42-22-17-38)25-37(26,5)28(27)14-15-36(29,4)35(31)44-34(41)8-3;/h6,26-32,35H,1,7-25H2,2-5H3;1H/q+1;/p-1/t26?,27-,28-,29+,30?,31?,32?,35?,36+,37+;/m1./s1. The number of carbonyl (C=O) groups is 2. The molecule has 7 nitrogen and oxygen atoms in total. The summed E-state index contributed by atoms with van der Waals surface area (Å²) in [5.41, 5.74) is 0.260. The molecule has 4 saturated carbocycles. The lowest BCUT2D eigenvalue weighted by atomic mass is 9.44. The van der Waals surface area contributed by atoms with E-state index in [-0.39, 0.29) is 58.0 Å². The molecule has 2 saturated heterocycles. The molecule has 6 aliphatic rings. The Balaban J connectivity index is 0.00000400. The van der Waals surface area contributed by atoms with Crippen molar-refractivity contribution >= 4 is 11.9 Å². The molecule has 8 heteroatoms. The van der Waals surface area contributed by atoms with Crippen molar-refractivity contribution in [2.45, 2.75) is 129 Å². The summed E-state index contributed by atoms with van der Waals surface area (Å²) in [6, 6.07) is 0.639. The van der Waals surface area contributed by atoms with Crippen LogP contribution in [0.15, 0.2) is 12.7 Å². The van der Waals surface area contributed by atoms with Crippen LogP contribution in [0.2, 0.25) is 0 Å². The van der Waals surface area contributed by atoms with Gasteiger partial charge in [0.15, 0.2) is 6.10 Å². The second-order valence-corrected chi connectivity index (χ2v) is 16.0. The Morgan fingerprint density at radius 2 is 1.62 bits per heavy atom. The van der Waals surface area contributed by atoms with Crippen molar-refractivity contribution in [3.05, 3.63) is 12.7 Å². The lowest BCUT2D eigenvalue weighted by Crippen LogP contribution is -3.00. The number of fused-ring (bicyclic) bond motifs is 5. The van der Waals surface area contributed by atoms with E-state index in [0.717, 1.165) is 56.6 Å². The first-order chi connectivity index (χ1) is 21.2. The van der Waals surface area contributed by atoms with Gasteiger partial charge < -0.3 is 35.7 Å². The topological polar surface area (TPSA) is 65.1 Å². The largest absolute Gasteiger partial charge is 1.00 e. The number of morpholine rings is 1. The molecule has 0 aromatic rings. The lowest BCUT2D eigenvalue weighted by Gasteiger charge is -2.62. The molecule has 4 aliphatic carbocycles. The maximum atomic E-state index is 13.0. The first-order valence-corrected chi connectivity index (χ1v) is 18.4. The molecule has 5 unspecified atom stereocenters. The van der Waals surface area contributed by atoms with E-state index >= 15 is 0 Å². The van der Waals surface area contributed by atoms with Gasteiger partial charge in [-0.25, -0.2) is 0 Å². The number of rotatable bonds is 8. The van der Waals surface area contributed by atoms with Gasteiger partial charge in [0.05, 0.1) is 32.8 Å². The van der Waals surface area contributed by atoms with Crippen LogP contribution in [-0.4, -0.2) is 91.6 Å². The van der Waals surface area contributed by atoms with Gasteiger partial charge in [-0.15, -0.1) is 0 Å². The third kappa shape index (κ3) is 6.33. The van der Waals surface area contributed by atoms with Gasteiger partial charge in [0, 0.05) is 43.8 Å². The molecule has 0 amide bonds. The van der Waals surface area contributed by atoms with Gasteiger partial charge in [-0.05, 0) is 93.0 Å². The summed E-state index contributed by atoms with van der Waals surface area (Å²) >= 11 is 0. The van der Waals surface area contributed by atoms with Gasteiger partial charge in [-0.3, -0.25) is 14.5 Å². The predicted octanol–water partition coefficient (Wildman–Crippen LogP) is 3.15. The third-order valence-corrected chi connectivity index (χ3v) is 14.1. The summed E-state index contributed by atoms with van der Waals surface area (Å²) in [6.07, 6.45) is 15.0. The molecule has 10 atom stereocenters. The molecule has 0 aromatic carbocycles. The van der Waals surface area contributed by atoms with E-state index in [1.54, 1.807) is 0 Å². The van der Waals surface area contributed by atoms with Crippen molar-refractivity contribution in [3.63, 3.8) is 0 Å². The SMILES string of the molecule is C=CC[N+]1(C2C[C@H]3[C@@H]4CCC5CC(OC(=O)CC)C(N6CCOCC6)C[C@]5(C)[C@@H]4CC[C@]3(C)C2OC(=O)CC)CCCCC1.[Br-]. The third-order valence-electron chi connectivity index (χ3n) is 14.1. The van der Waals surface area contributed by atoms with Crippen molar-refractivity contribution in [2.24, 2.45) is 34.5 Å². The van der Waals surface area contributed by atoms with Crippen molar-refractivity contribution in [3.8, 4) is 0 Å². The first-order valence-electron chi connectivity index (χ1n) is 18.4. The number of piperidine rings is 1. The molecular formula is C37H61BrN2O5. The van der Waals surface area contributed by atoms with Crippen LogP contribution < -0.4 is 17.0 Å². The summed E-state index contributed by atoms with van der Waals surface area (Å²) in [6.45, 7) is 19.9. The maximum Gasteiger partial charge on any atom is 0.306 e. The van der Waals surface area contributed by atoms with Gasteiger partial charge in [-0.2, -0.15) is 0 Å². The smallest absolute Gasteiger partial charge is 0.306 e. The van der Waals surface area contributed by atoms with Gasteiger partial charge >= 0.3 is 11.9 Å². The minimum Gasteiger partial charge on any atom is -1.00 e. The molecule has 6 rings (SSSR count). The Morgan fingerprint density at radius 1 is 0.933 bits per heavy atom. The van der Waals surface area contributed by atoms with Crippen molar-refractivity contribution in [1.82, 2.24) is 4.90 Å². The fraction of sp³-hybridized carbons (Fsp3) is 0.892. The summed E-state index contributed by atoms with van der Waals surface area (Å²) in [5, 5.41) is 0. The quantitative estimate of drug-likeness (QED) is 0.221. The van der Waals surface area contributed by atoms with E-state index in [0.29, 0.717) is 42.6 Å². The number of hydrogen-bond donors (Lipinski definition) is 0. The number of halogens is 1. The highest BCUT2D eigenvalue weighted by Gasteiger charge is 2.67. The summed E-state index contributed by atoms with van der Waals surface area (Å²) in [7, 11) is 0. The highest BCUT2D eigenvalue weighted by atomic mass is 79.9. The normalized spacial score (nSPS) is 42.7. The van der Waals surface area contributed by atoms with Crippen LogP contribution in [0.5, 0.6) is 0 Å². The average molecular weight is 694 g/mol. The molecule has 45 heavy (non-hydrogen) atoms. The fourth-order valence-electron chi connectivity index (χ4n) is 11.9. The molecule has 0 N–H and O–H groups in total. The molecule has 2 aliphatic heterocycles. The van der Waals surface area contributed by atoms with Gasteiger partial charge in [-0.1, -0.05) is 34.3 Å². The number of likely N-dealkylation sites (tertiary alicyclic amines) is 1. The number of ether oxygens (including phenoxy) is 3. The first kappa shape index (κ1) is 35.3. The Morgan fingerprint density at radius 3 is 2.29 bits per heavy atom. The number of nitrogens with zero attached hydrogens (tertiary/aromatic N) is 2. The van der Waals surface area contributed by atoms with Gasteiger partial charge in [0.25, 0.3) is 0 Å². The molecular weight excluding hydrogens is 632 g/mol. The number of carbonyl (C=O) groups excluding carboxylic acids is 2. The number of esters is 2. The summed E-state index contributed by atoms with van der Waals surface area (Å²) in [5.74, 6) is 2.42. The highest BCUT2D eigenvalue weighted by molar-refractivity contribution is 5.69. The van der Waals surface area contributed by atoms with E-state index in [1.807, 2.05) is 13.8 Å². The molecule has 0 bridgehead atoms. The van der Waals surface area contributed by atoms with Crippen LogP contribution in [0.1, 0.15) is 105 Å². The van der Waals surface area contributed by atoms with Crippen molar-refractivity contribution in [1.29, 1.82) is 0 Å². The van der Waals surface area contributed by atoms with Crippen LogP contribution in [0, 0.1) is 34.5 Å². The lowest BCUT2D eigenvalue weighted by molar-refractivity contribution is -0.952. The van der Waals surface area contributed by atoms with Crippen LogP contribution in [0.4, 0.5) is 0 Å². The minimum absolute atomic E-state index is 0. The van der Waals surface area contributed by atoms with Crippen molar-refractivity contribution < 1.29 is 45.3 Å². The van der Waals surface area contributed by atoms with Crippen LogP contribution in [0.25, 0.3) is 0 Å².